The van der Waals surface area contributed by atoms with E-state index in [0.29, 0.717) is 11.8 Å². The third kappa shape index (κ3) is 2.65. The van der Waals surface area contributed by atoms with E-state index < -0.39 is 0 Å². The SMILES string of the molecule is Cc1ccc(CCc2nnc(C)o2)cc1. The summed E-state index contributed by atoms with van der Waals surface area (Å²) in [5, 5.41) is 7.76. The van der Waals surface area contributed by atoms with Crippen LogP contribution in [0.3, 0.4) is 0 Å². The lowest BCUT2D eigenvalue weighted by atomic mass is 10.1. The first-order chi connectivity index (χ1) is 7.24. The van der Waals surface area contributed by atoms with Crippen molar-refractivity contribution in [1.29, 1.82) is 0 Å². The third-order valence-corrected chi connectivity index (χ3v) is 2.32. The van der Waals surface area contributed by atoms with Crippen molar-refractivity contribution in [3.05, 3.63) is 47.2 Å². The largest absolute Gasteiger partial charge is 0.426 e. The van der Waals surface area contributed by atoms with Gasteiger partial charge in [-0.25, -0.2) is 0 Å². The lowest BCUT2D eigenvalue weighted by Crippen LogP contribution is -1.91. The minimum absolute atomic E-state index is 0.633. The van der Waals surface area contributed by atoms with Gasteiger partial charge in [0.2, 0.25) is 11.8 Å². The summed E-state index contributed by atoms with van der Waals surface area (Å²) in [5.41, 5.74) is 2.59. The molecule has 3 nitrogen and oxygen atoms in total. The maximum absolute atomic E-state index is 5.31. The maximum Gasteiger partial charge on any atom is 0.216 e. The Morgan fingerprint density at radius 3 is 2.33 bits per heavy atom. The summed E-state index contributed by atoms with van der Waals surface area (Å²) in [6, 6.07) is 8.51. The second-order valence-electron chi connectivity index (χ2n) is 3.70. The molecule has 0 fully saturated rings. The van der Waals surface area contributed by atoms with Gasteiger partial charge in [0.05, 0.1) is 0 Å². The zero-order chi connectivity index (χ0) is 10.7. The van der Waals surface area contributed by atoms with Crippen molar-refractivity contribution in [2.45, 2.75) is 26.7 Å². The Morgan fingerprint density at radius 2 is 1.73 bits per heavy atom. The lowest BCUT2D eigenvalue weighted by Gasteiger charge is -1.98. The standard InChI is InChI=1S/C12H14N2O/c1-9-3-5-11(6-4-9)7-8-12-14-13-10(2)15-12/h3-6H,7-8H2,1-2H3. The molecule has 0 saturated carbocycles. The fraction of sp³-hybridized carbons (Fsp3) is 0.333. The van der Waals surface area contributed by atoms with Crippen molar-refractivity contribution in [2.24, 2.45) is 0 Å². The van der Waals surface area contributed by atoms with Crippen LogP contribution in [0, 0.1) is 13.8 Å². The molecule has 0 atom stereocenters. The molecule has 2 rings (SSSR count). The number of hydrogen-bond acceptors (Lipinski definition) is 3. The highest BCUT2D eigenvalue weighted by Crippen LogP contribution is 2.07. The first-order valence-corrected chi connectivity index (χ1v) is 5.08. The molecule has 0 spiro atoms. The van der Waals surface area contributed by atoms with Gasteiger partial charge < -0.3 is 4.42 Å². The molecule has 1 aromatic carbocycles. The number of aryl methyl sites for hydroxylation is 4. The Hall–Kier alpha value is -1.64. The van der Waals surface area contributed by atoms with Crippen molar-refractivity contribution >= 4 is 0 Å². The van der Waals surface area contributed by atoms with E-state index in [1.54, 1.807) is 0 Å². The molecule has 0 amide bonds. The highest BCUT2D eigenvalue weighted by molar-refractivity contribution is 5.21. The first kappa shape index (κ1) is 9.90. The Balaban J connectivity index is 1.96. The molecule has 1 aromatic heterocycles. The van der Waals surface area contributed by atoms with Gasteiger partial charge in [0.25, 0.3) is 0 Å². The molecule has 0 aliphatic heterocycles. The maximum atomic E-state index is 5.31. The molecular formula is C12H14N2O. The molecule has 78 valence electrons. The number of benzene rings is 1. The first-order valence-electron chi connectivity index (χ1n) is 5.08. The molecule has 3 heteroatoms. The van der Waals surface area contributed by atoms with Gasteiger partial charge in [-0.2, -0.15) is 0 Å². The number of hydrogen-bond donors (Lipinski definition) is 0. The van der Waals surface area contributed by atoms with E-state index in [9.17, 15) is 0 Å². The van der Waals surface area contributed by atoms with Crippen molar-refractivity contribution < 1.29 is 4.42 Å². The van der Waals surface area contributed by atoms with Gasteiger partial charge in [-0.15, -0.1) is 10.2 Å². The topological polar surface area (TPSA) is 38.9 Å². The van der Waals surface area contributed by atoms with E-state index in [1.807, 2.05) is 6.92 Å². The van der Waals surface area contributed by atoms with Crippen LogP contribution in [-0.4, -0.2) is 10.2 Å². The van der Waals surface area contributed by atoms with Crippen LogP contribution in [0.5, 0.6) is 0 Å². The van der Waals surface area contributed by atoms with Crippen LogP contribution in [0.4, 0.5) is 0 Å². The lowest BCUT2D eigenvalue weighted by molar-refractivity contribution is 0.467. The normalized spacial score (nSPS) is 10.5. The molecule has 0 bridgehead atoms. The molecule has 0 N–H and O–H groups in total. The zero-order valence-electron chi connectivity index (χ0n) is 9.03. The monoisotopic (exact) mass is 202 g/mol. The third-order valence-electron chi connectivity index (χ3n) is 2.32. The van der Waals surface area contributed by atoms with Crippen molar-refractivity contribution in [3.63, 3.8) is 0 Å². The van der Waals surface area contributed by atoms with Crippen molar-refractivity contribution in [3.8, 4) is 0 Å². The van der Waals surface area contributed by atoms with Gasteiger partial charge in [0, 0.05) is 13.3 Å². The number of rotatable bonds is 3. The average Bonchev–Trinajstić information content (AvgIpc) is 2.64. The predicted octanol–water partition coefficient (Wildman–Crippen LogP) is 2.47. The van der Waals surface area contributed by atoms with Crippen LogP contribution in [0.15, 0.2) is 28.7 Å². The van der Waals surface area contributed by atoms with Gasteiger partial charge in [-0.3, -0.25) is 0 Å². The van der Waals surface area contributed by atoms with E-state index in [-0.39, 0.29) is 0 Å². The number of aromatic nitrogens is 2. The summed E-state index contributed by atoms with van der Waals surface area (Å²) in [6.07, 6.45) is 1.76. The average molecular weight is 202 g/mol. The summed E-state index contributed by atoms with van der Waals surface area (Å²) in [6.45, 7) is 3.90. The van der Waals surface area contributed by atoms with Crippen LogP contribution < -0.4 is 0 Å². The molecule has 0 unspecified atom stereocenters. The molecule has 0 aliphatic rings. The van der Waals surface area contributed by atoms with Crippen LogP contribution in [0.1, 0.15) is 22.9 Å². The van der Waals surface area contributed by atoms with Gasteiger partial charge in [0.15, 0.2) is 0 Å². The van der Waals surface area contributed by atoms with Crippen LogP contribution >= 0.6 is 0 Å². The summed E-state index contributed by atoms with van der Waals surface area (Å²) in [7, 11) is 0. The summed E-state index contributed by atoms with van der Waals surface area (Å²) >= 11 is 0. The van der Waals surface area contributed by atoms with Gasteiger partial charge in [0.1, 0.15) is 0 Å². The molecule has 0 radical (unpaired) electrons. The zero-order valence-corrected chi connectivity index (χ0v) is 9.03. The molecular weight excluding hydrogens is 188 g/mol. The van der Waals surface area contributed by atoms with Crippen LogP contribution in [0.2, 0.25) is 0 Å². The second-order valence-corrected chi connectivity index (χ2v) is 3.70. The van der Waals surface area contributed by atoms with Crippen LogP contribution in [0.25, 0.3) is 0 Å². The Morgan fingerprint density at radius 1 is 1.00 bits per heavy atom. The Bertz CT molecular complexity index is 431. The second kappa shape index (κ2) is 4.26. The van der Waals surface area contributed by atoms with Crippen LogP contribution in [-0.2, 0) is 12.8 Å². The van der Waals surface area contributed by atoms with E-state index >= 15 is 0 Å². The smallest absolute Gasteiger partial charge is 0.216 e. The summed E-state index contributed by atoms with van der Waals surface area (Å²) in [5.74, 6) is 1.35. The van der Waals surface area contributed by atoms with Crippen molar-refractivity contribution in [1.82, 2.24) is 10.2 Å². The highest BCUT2D eigenvalue weighted by atomic mass is 16.4. The molecule has 2 aromatic rings. The minimum atomic E-state index is 0.633. The molecule has 15 heavy (non-hydrogen) atoms. The van der Waals surface area contributed by atoms with Crippen molar-refractivity contribution in [2.75, 3.05) is 0 Å². The van der Waals surface area contributed by atoms with E-state index in [2.05, 4.69) is 41.4 Å². The fourth-order valence-electron chi connectivity index (χ4n) is 1.44. The molecule has 1 heterocycles. The Kier molecular flexibility index (Phi) is 2.81. The molecule has 0 aliphatic carbocycles. The Labute approximate surface area is 89.2 Å². The highest BCUT2D eigenvalue weighted by Gasteiger charge is 2.02. The summed E-state index contributed by atoms with van der Waals surface area (Å²) < 4.78 is 5.31. The fourth-order valence-corrected chi connectivity index (χ4v) is 1.44. The quantitative estimate of drug-likeness (QED) is 0.767. The van der Waals surface area contributed by atoms with Gasteiger partial charge in [-0.1, -0.05) is 29.8 Å². The number of nitrogens with zero attached hydrogens (tertiary/aromatic N) is 2. The van der Waals surface area contributed by atoms with E-state index in [4.69, 9.17) is 4.42 Å². The minimum Gasteiger partial charge on any atom is -0.426 e. The molecule has 0 saturated heterocycles. The predicted molar refractivity (Wildman–Crippen MR) is 57.6 cm³/mol. The summed E-state index contributed by atoms with van der Waals surface area (Å²) in [4.78, 5) is 0. The van der Waals surface area contributed by atoms with Gasteiger partial charge >= 0.3 is 0 Å². The van der Waals surface area contributed by atoms with E-state index in [1.165, 1.54) is 11.1 Å². The van der Waals surface area contributed by atoms with E-state index in [0.717, 1.165) is 12.8 Å². The van der Waals surface area contributed by atoms with Gasteiger partial charge in [-0.05, 0) is 18.9 Å².